The Morgan fingerprint density at radius 2 is 1.95 bits per heavy atom. The van der Waals surface area contributed by atoms with Gasteiger partial charge in [0.15, 0.2) is 5.76 Å². The first-order valence-corrected chi connectivity index (χ1v) is 14.2. The summed E-state index contributed by atoms with van der Waals surface area (Å²) in [5.41, 5.74) is 4.91. The number of aliphatic carboxylic acids is 1. The minimum absolute atomic E-state index is 0.0874. The van der Waals surface area contributed by atoms with E-state index < -0.39 is 17.9 Å². The van der Waals surface area contributed by atoms with Gasteiger partial charge in [0.25, 0.3) is 5.91 Å². The molecule has 2 N–H and O–H groups in total. The van der Waals surface area contributed by atoms with Gasteiger partial charge >= 0.3 is 5.97 Å². The maximum atomic E-state index is 13.3. The zero-order valence-corrected chi connectivity index (χ0v) is 23.8. The van der Waals surface area contributed by atoms with Crippen molar-refractivity contribution in [2.45, 2.75) is 52.4 Å². The largest absolute Gasteiger partial charge is 0.480 e. The van der Waals surface area contributed by atoms with Crippen LogP contribution in [0.4, 0.5) is 0 Å². The van der Waals surface area contributed by atoms with E-state index >= 15 is 0 Å². The molecule has 1 aliphatic rings. The molecule has 0 spiro atoms. The molecule has 0 saturated heterocycles. The standard InChI is InChI=1S/C31H37NO6S/c1-20(10-13-29-23(4)37-19-38-29)16-22(3)36-18-24-11-12-26(27(17-24)25-9-7-6-8-21(25)2)30(33)32-28(31(34)35)14-15-39-5/h6-13,17,22,28H,1,14-16,18-19H2,2-5H3,(H,32,33)(H,34,35)/b13-10-. The lowest BCUT2D eigenvalue weighted by atomic mass is 9.93. The Balaban J connectivity index is 1.73. The number of aryl methyl sites for hydroxylation is 1. The van der Waals surface area contributed by atoms with Crippen LogP contribution in [0, 0.1) is 6.92 Å². The highest BCUT2D eigenvalue weighted by atomic mass is 32.2. The summed E-state index contributed by atoms with van der Waals surface area (Å²) in [6, 6.07) is 12.4. The predicted molar refractivity (Wildman–Crippen MR) is 155 cm³/mol. The molecule has 2 atom stereocenters. The molecule has 0 aromatic heterocycles. The Hall–Kier alpha value is -3.49. The first kappa shape index (κ1) is 30.1. The second kappa shape index (κ2) is 14.6. The van der Waals surface area contributed by atoms with Crippen LogP contribution in [0.5, 0.6) is 0 Å². The number of hydrogen-bond acceptors (Lipinski definition) is 6. The first-order valence-electron chi connectivity index (χ1n) is 12.8. The number of nitrogens with one attached hydrogen (secondary N) is 1. The number of benzene rings is 2. The molecule has 1 aliphatic heterocycles. The molecule has 2 aromatic rings. The van der Waals surface area contributed by atoms with Crippen LogP contribution in [0.2, 0.25) is 0 Å². The monoisotopic (exact) mass is 551 g/mol. The van der Waals surface area contributed by atoms with E-state index in [0.717, 1.165) is 33.6 Å². The second-order valence-corrected chi connectivity index (χ2v) is 10.5. The maximum Gasteiger partial charge on any atom is 0.326 e. The Morgan fingerprint density at radius 1 is 1.18 bits per heavy atom. The fraction of sp³-hybridized carbons (Fsp3) is 0.355. The van der Waals surface area contributed by atoms with Gasteiger partial charge in [0.1, 0.15) is 11.8 Å². The molecule has 39 heavy (non-hydrogen) atoms. The molecule has 2 aromatic carbocycles. The smallest absolute Gasteiger partial charge is 0.326 e. The van der Waals surface area contributed by atoms with Crippen molar-refractivity contribution in [2.24, 2.45) is 0 Å². The molecule has 2 unspecified atom stereocenters. The molecule has 0 aliphatic carbocycles. The quantitative estimate of drug-likeness (QED) is 0.268. The Labute approximate surface area is 234 Å². The van der Waals surface area contributed by atoms with E-state index in [1.54, 1.807) is 17.8 Å². The van der Waals surface area contributed by atoms with E-state index in [0.29, 0.717) is 36.5 Å². The van der Waals surface area contributed by atoms with E-state index in [1.165, 1.54) is 0 Å². The van der Waals surface area contributed by atoms with Crippen molar-refractivity contribution in [1.29, 1.82) is 0 Å². The van der Waals surface area contributed by atoms with Crippen LogP contribution in [-0.2, 0) is 25.6 Å². The number of carbonyl (C=O) groups excluding carboxylic acids is 1. The van der Waals surface area contributed by atoms with Crippen LogP contribution in [0.15, 0.2) is 78.3 Å². The van der Waals surface area contributed by atoms with E-state index in [9.17, 15) is 14.7 Å². The maximum absolute atomic E-state index is 13.3. The summed E-state index contributed by atoms with van der Waals surface area (Å²) in [4.78, 5) is 25.0. The molecule has 0 radical (unpaired) electrons. The van der Waals surface area contributed by atoms with Gasteiger partial charge in [0, 0.05) is 5.56 Å². The van der Waals surface area contributed by atoms with Crippen molar-refractivity contribution in [3.8, 4) is 11.1 Å². The third kappa shape index (κ3) is 8.76. The fourth-order valence-electron chi connectivity index (χ4n) is 4.15. The lowest BCUT2D eigenvalue weighted by molar-refractivity contribution is -0.139. The number of ether oxygens (including phenoxy) is 3. The van der Waals surface area contributed by atoms with Crippen molar-refractivity contribution in [2.75, 3.05) is 18.8 Å². The molecular formula is C31H37NO6S. The lowest BCUT2D eigenvalue weighted by Crippen LogP contribution is -2.41. The topological polar surface area (TPSA) is 94.1 Å². The highest BCUT2D eigenvalue weighted by Gasteiger charge is 2.23. The van der Waals surface area contributed by atoms with E-state index in [2.05, 4.69) is 11.9 Å². The predicted octanol–water partition coefficient (Wildman–Crippen LogP) is 6.24. The second-order valence-electron chi connectivity index (χ2n) is 9.48. The number of carboxylic acid groups (broad SMARTS) is 1. The molecule has 3 rings (SSSR count). The SMILES string of the molecule is C=C(/C=C\C1=C(C)OCO1)CC(C)OCc1ccc(C(=O)NC(CCSC)C(=O)O)c(-c2ccccc2C)c1. The number of hydrogen-bond donors (Lipinski definition) is 2. The average Bonchev–Trinajstić information content (AvgIpc) is 3.33. The third-order valence-electron chi connectivity index (χ3n) is 6.37. The summed E-state index contributed by atoms with van der Waals surface area (Å²) < 4.78 is 16.8. The van der Waals surface area contributed by atoms with Crippen LogP contribution in [0.3, 0.4) is 0 Å². The zero-order valence-electron chi connectivity index (χ0n) is 23.0. The highest BCUT2D eigenvalue weighted by molar-refractivity contribution is 7.98. The molecule has 7 nitrogen and oxygen atoms in total. The van der Waals surface area contributed by atoms with Gasteiger partial charge in [-0.1, -0.05) is 48.6 Å². The molecule has 208 valence electrons. The number of allylic oxidation sites excluding steroid dienone is 3. The highest BCUT2D eigenvalue weighted by Crippen LogP contribution is 2.29. The number of thioether (sulfide) groups is 1. The molecule has 0 saturated carbocycles. The van der Waals surface area contributed by atoms with Crippen molar-refractivity contribution >= 4 is 23.6 Å². The van der Waals surface area contributed by atoms with Crippen molar-refractivity contribution < 1.29 is 28.9 Å². The number of rotatable bonds is 14. The zero-order chi connectivity index (χ0) is 28.4. The summed E-state index contributed by atoms with van der Waals surface area (Å²) in [6.45, 7) is 10.5. The Bertz CT molecular complexity index is 1250. The van der Waals surface area contributed by atoms with Gasteiger partial charge in [-0.05, 0) is 86.1 Å². The van der Waals surface area contributed by atoms with Gasteiger partial charge in [0.2, 0.25) is 6.79 Å². The number of carbonyl (C=O) groups is 2. The van der Waals surface area contributed by atoms with Crippen LogP contribution < -0.4 is 5.32 Å². The van der Waals surface area contributed by atoms with E-state index in [4.69, 9.17) is 14.2 Å². The molecule has 8 heteroatoms. The van der Waals surface area contributed by atoms with Crippen molar-refractivity contribution in [3.05, 3.63) is 95.0 Å². The number of amides is 1. The van der Waals surface area contributed by atoms with Gasteiger partial charge in [-0.2, -0.15) is 11.8 Å². The van der Waals surface area contributed by atoms with Crippen LogP contribution in [-0.4, -0.2) is 47.9 Å². The van der Waals surface area contributed by atoms with Crippen molar-refractivity contribution in [1.82, 2.24) is 5.32 Å². The number of carboxylic acids is 1. The van der Waals surface area contributed by atoms with Gasteiger partial charge in [0.05, 0.1) is 12.7 Å². The van der Waals surface area contributed by atoms with E-state index in [-0.39, 0.29) is 12.9 Å². The van der Waals surface area contributed by atoms with E-state index in [1.807, 2.05) is 75.6 Å². The average molecular weight is 552 g/mol. The molecule has 0 bridgehead atoms. The van der Waals surface area contributed by atoms with Gasteiger partial charge in [-0.3, -0.25) is 4.79 Å². The van der Waals surface area contributed by atoms with Crippen LogP contribution in [0.1, 0.15) is 48.2 Å². The molecule has 1 amide bonds. The van der Waals surface area contributed by atoms with Gasteiger partial charge < -0.3 is 24.6 Å². The fourth-order valence-corrected chi connectivity index (χ4v) is 4.63. The lowest BCUT2D eigenvalue weighted by Gasteiger charge is -2.18. The summed E-state index contributed by atoms with van der Waals surface area (Å²) >= 11 is 1.54. The van der Waals surface area contributed by atoms with Gasteiger partial charge in [-0.15, -0.1) is 0 Å². The Kier molecular flexibility index (Phi) is 11.3. The summed E-state index contributed by atoms with van der Waals surface area (Å²) in [5, 5.41) is 12.3. The normalized spacial score (nSPS) is 14.6. The molecule has 1 heterocycles. The Morgan fingerprint density at radius 3 is 2.62 bits per heavy atom. The van der Waals surface area contributed by atoms with Crippen molar-refractivity contribution in [3.63, 3.8) is 0 Å². The summed E-state index contributed by atoms with van der Waals surface area (Å²) in [6.07, 6.45) is 6.57. The third-order valence-corrected chi connectivity index (χ3v) is 7.01. The molecular weight excluding hydrogens is 514 g/mol. The van der Waals surface area contributed by atoms with Gasteiger partial charge in [-0.25, -0.2) is 4.79 Å². The summed E-state index contributed by atoms with van der Waals surface area (Å²) in [7, 11) is 0. The van der Waals surface area contributed by atoms with Crippen LogP contribution >= 0.6 is 11.8 Å². The minimum atomic E-state index is -1.04. The van der Waals surface area contributed by atoms with Crippen LogP contribution in [0.25, 0.3) is 11.1 Å². The summed E-state index contributed by atoms with van der Waals surface area (Å²) in [5.74, 6) is 0.645. The minimum Gasteiger partial charge on any atom is -0.480 e. The molecule has 0 fully saturated rings. The first-order chi connectivity index (χ1) is 18.7.